The van der Waals surface area contributed by atoms with Crippen molar-refractivity contribution in [1.29, 1.82) is 0 Å². The fraction of sp³-hybridized carbons (Fsp3) is 0.263. The minimum Gasteiger partial charge on any atom is -0.334 e. The molecule has 0 unspecified atom stereocenters. The predicted octanol–water partition coefficient (Wildman–Crippen LogP) is 2.54. The van der Waals surface area contributed by atoms with E-state index in [9.17, 15) is 4.79 Å². The van der Waals surface area contributed by atoms with Crippen molar-refractivity contribution in [1.82, 2.24) is 30.4 Å². The number of carbonyl (C=O) groups is 1. The number of amides is 2. The summed E-state index contributed by atoms with van der Waals surface area (Å²) in [7, 11) is 0. The zero-order chi connectivity index (χ0) is 17.8. The summed E-state index contributed by atoms with van der Waals surface area (Å²) in [5.41, 5.74) is 3.51. The molecule has 0 radical (unpaired) electrons. The van der Waals surface area contributed by atoms with Gasteiger partial charge in [0.2, 0.25) is 0 Å². The van der Waals surface area contributed by atoms with Gasteiger partial charge in [0, 0.05) is 12.7 Å². The van der Waals surface area contributed by atoms with Crippen LogP contribution in [0.2, 0.25) is 0 Å². The molecule has 0 spiro atoms. The number of carbonyl (C=O) groups excluding carboxylic acids is 1. The van der Waals surface area contributed by atoms with E-state index < -0.39 is 0 Å². The Balaban J connectivity index is 1.37. The van der Waals surface area contributed by atoms with E-state index >= 15 is 0 Å². The number of hydrogen-bond donors (Lipinski definition) is 2. The lowest BCUT2D eigenvalue weighted by Gasteiger charge is -2.26. The molecule has 7 heteroatoms. The standard InChI is InChI=1S/C19H20N6O/c26-19(24-17-7-3-5-15-4-1-2-6-16(15)17)22-11-14-8-9-21-18(10-14)25-13-20-12-23-25/h1-2,4,6,8-10,12-13,17H,3,5,7,11H2,(H2,22,24,26)/t17-/m1/s1. The summed E-state index contributed by atoms with van der Waals surface area (Å²) in [4.78, 5) is 20.5. The van der Waals surface area contributed by atoms with Crippen molar-refractivity contribution in [2.75, 3.05) is 0 Å². The van der Waals surface area contributed by atoms with Crippen LogP contribution in [0.25, 0.3) is 5.82 Å². The first kappa shape index (κ1) is 16.3. The molecule has 0 fully saturated rings. The van der Waals surface area contributed by atoms with E-state index in [1.165, 1.54) is 17.5 Å². The number of hydrogen-bond acceptors (Lipinski definition) is 4. The molecule has 0 saturated carbocycles. The second-order valence-electron chi connectivity index (χ2n) is 6.33. The Labute approximate surface area is 151 Å². The molecule has 26 heavy (non-hydrogen) atoms. The lowest BCUT2D eigenvalue weighted by atomic mass is 9.88. The van der Waals surface area contributed by atoms with E-state index in [4.69, 9.17) is 0 Å². The van der Waals surface area contributed by atoms with Gasteiger partial charge in [-0.3, -0.25) is 0 Å². The zero-order valence-electron chi connectivity index (χ0n) is 14.3. The minimum absolute atomic E-state index is 0.0723. The third-order valence-corrected chi connectivity index (χ3v) is 4.59. The molecule has 3 aromatic rings. The molecular formula is C19H20N6O. The number of fused-ring (bicyclic) bond motifs is 1. The summed E-state index contributed by atoms with van der Waals surface area (Å²) < 4.78 is 1.59. The monoisotopic (exact) mass is 348 g/mol. The summed E-state index contributed by atoms with van der Waals surface area (Å²) in [6.07, 6.45) is 7.89. The van der Waals surface area contributed by atoms with Crippen LogP contribution < -0.4 is 10.6 Å². The number of nitrogens with one attached hydrogen (secondary N) is 2. The first-order valence-corrected chi connectivity index (χ1v) is 8.72. The van der Waals surface area contributed by atoms with Crippen molar-refractivity contribution in [2.45, 2.75) is 31.8 Å². The van der Waals surface area contributed by atoms with Crippen LogP contribution in [0.5, 0.6) is 0 Å². The van der Waals surface area contributed by atoms with Gasteiger partial charge in [-0.05, 0) is 48.1 Å². The molecule has 132 valence electrons. The second-order valence-corrected chi connectivity index (χ2v) is 6.33. The van der Waals surface area contributed by atoms with Crippen molar-refractivity contribution in [3.63, 3.8) is 0 Å². The summed E-state index contributed by atoms with van der Waals surface area (Å²) in [5.74, 6) is 0.670. The molecule has 2 aromatic heterocycles. The fourth-order valence-corrected chi connectivity index (χ4v) is 3.32. The van der Waals surface area contributed by atoms with Crippen LogP contribution in [-0.2, 0) is 13.0 Å². The first-order valence-electron chi connectivity index (χ1n) is 8.72. The Kier molecular flexibility index (Phi) is 4.59. The van der Waals surface area contributed by atoms with E-state index in [0.29, 0.717) is 12.4 Å². The van der Waals surface area contributed by atoms with Gasteiger partial charge < -0.3 is 10.6 Å². The van der Waals surface area contributed by atoms with Gasteiger partial charge in [0.25, 0.3) is 0 Å². The van der Waals surface area contributed by atoms with Gasteiger partial charge in [0.1, 0.15) is 12.7 Å². The molecule has 2 amide bonds. The van der Waals surface area contributed by atoms with Gasteiger partial charge in [0.15, 0.2) is 5.82 Å². The highest BCUT2D eigenvalue weighted by Gasteiger charge is 2.21. The van der Waals surface area contributed by atoms with E-state index in [0.717, 1.165) is 24.8 Å². The molecule has 4 rings (SSSR count). The molecule has 7 nitrogen and oxygen atoms in total. The normalized spacial score (nSPS) is 15.9. The quantitative estimate of drug-likeness (QED) is 0.759. The molecule has 0 bridgehead atoms. The first-order chi connectivity index (χ1) is 12.8. The largest absolute Gasteiger partial charge is 0.334 e. The molecular weight excluding hydrogens is 328 g/mol. The third kappa shape index (κ3) is 3.56. The van der Waals surface area contributed by atoms with E-state index in [-0.39, 0.29) is 12.1 Å². The van der Waals surface area contributed by atoms with E-state index in [1.807, 2.05) is 18.2 Å². The lowest BCUT2D eigenvalue weighted by molar-refractivity contribution is 0.235. The summed E-state index contributed by atoms with van der Waals surface area (Å²) >= 11 is 0. The molecule has 1 aliphatic carbocycles. The summed E-state index contributed by atoms with van der Waals surface area (Å²) in [6, 6.07) is 12.0. The Morgan fingerprint density at radius 2 is 2.19 bits per heavy atom. The second kappa shape index (κ2) is 7.35. The van der Waals surface area contributed by atoms with Gasteiger partial charge in [-0.2, -0.15) is 5.10 Å². The number of benzene rings is 1. The average Bonchev–Trinajstić information content (AvgIpc) is 3.22. The van der Waals surface area contributed by atoms with Gasteiger partial charge in [-0.15, -0.1) is 0 Å². The topological polar surface area (TPSA) is 84.7 Å². The Morgan fingerprint density at radius 1 is 1.27 bits per heavy atom. The number of urea groups is 1. The van der Waals surface area contributed by atoms with Gasteiger partial charge in [-0.1, -0.05) is 24.3 Å². The molecule has 2 N–H and O–H groups in total. The minimum atomic E-state index is -0.161. The molecule has 1 aliphatic rings. The predicted molar refractivity (Wildman–Crippen MR) is 96.6 cm³/mol. The van der Waals surface area contributed by atoms with Crippen LogP contribution in [0.1, 0.15) is 35.6 Å². The highest BCUT2D eigenvalue weighted by Crippen LogP contribution is 2.29. The van der Waals surface area contributed by atoms with Crippen molar-refractivity contribution in [2.24, 2.45) is 0 Å². The van der Waals surface area contributed by atoms with Gasteiger partial charge in [-0.25, -0.2) is 19.4 Å². The number of nitrogens with zero attached hydrogens (tertiary/aromatic N) is 4. The van der Waals surface area contributed by atoms with Crippen molar-refractivity contribution in [3.8, 4) is 5.82 Å². The Hall–Kier alpha value is -3.22. The highest BCUT2D eigenvalue weighted by atomic mass is 16.2. The van der Waals surface area contributed by atoms with E-state index in [2.05, 4.69) is 43.9 Å². The maximum atomic E-state index is 12.3. The number of aryl methyl sites for hydroxylation is 1. The van der Waals surface area contributed by atoms with Crippen LogP contribution >= 0.6 is 0 Å². The lowest BCUT2D eigenvalue weighted by Crippen LogP contribution is -2.38. The Morgan fingerprint density at radius 3 is 3.08 bits per heavy atom. The van der Waals surface area contributed by atoms with Crippen molar-refractivity contribution < 1.29 is 4.79 Å². The maximum absolute atomic E-state index is 12.3. The van der Waals surface area contributed by atoms with Gasteiger partial charge in [0.05, 0.1) is 6.04 Å². The van der Waals surface area contributed by atoms with Crippen molar-refractivity contribution in [3.05, 3.63) is 71.9 Å². The highest BCUT2D eigenvalue weighted by molar-refractivity contribution is 5.74. The number of rotatable bonds is 4. The van der Waals surface area contributed by atoms with Crippen LogP contribution in [0.15, 0.2) is 55.2 Å². The van der Waals surface area contributed by atoms with E-state index in [1.54, 1.807) is 17.2 Å². The number of aromatic nitrogens is 4. The molecule has 1 aromatic carbocycles. The van der Waals surface area contributed by atoms with Crippen molar-refractivity contribution >= 4 is 6.03 Å². The SMILES string of the molecule is O=C(NCc1ccnc(-n2cncn2)c1)N[C@@H]1CCCc2ccccc21. The van der Waals surface area contributed by atoms with Crippen LogP contribution in [0.4, 0.5) is 4.79 Å². The summed E-state index contributed by atoms with van der Waals surface area (Å²) in [6.45, 7) is 0.421. The molecule has 0 aliphatic heterocycles. The maximum Gasteiger partial charge on any atom is 0.315 e. The molecule has 2 heterocycles. The van der Waals surface area contributed by atoms with Crippen LogP contribution in [-0.4, -0.2) is 25.8 Å². The molecule has 1 atom stereocenters. The Bertz CT molecular complexity index is 893. The molecule has 0 saturated heterocycles. The average molecular weight is 348 g/mol. The summed E-state index contributed by atoms with van der Waals surface area (Å²) in [5, 5.41) is 10.1. The van der Waals surface area contributed by atoms with Crippen LogP contribution in [0.3, 0.4) is 0 Å². The van der Waals surface area contributed by atoms with Crippen LogP contribution in [0, 0.1) is 0 Å². The van der Waals surface area contributed by atoms with Gasteiger partial charge >= 0.3 is 6.03 Å². The fourth-order valence-electron chi connectivity index (χ4n) is 3.32. The number of pyridine rings is 1. The smallest absolute Gasteiger partial charge is 0.315 e. The zero-order valence-corrected chi connectivity index (χ0v) is 14.3. The third-order valence-electron chi connectivity index (χ3n) is 4.59.